The molecule has 1 aliphatic carbocycles. The summed E-state index contributed by atoms with van der Waals surface area (Å²) in [6.07, 6.45) is 14.8. The van der Waals surface area contributed by atoms with Crippen LogP contribution in [0.4, 0.5) is 0 Å². The van der Waals surface area contributed by atoms with Gasteiger partial charge in [-0.1, -0.05) is 42.5 Å². The van der Waals surface area contributed by atoms with Crippen LogP contribution in [0.5, 0.6) is 0 Å². The van der Waals surface area contributed by atoms with E-state index in [0.717, 1.165) is 12.0 Å². The molecular formula is C15H21NO2. The third-order valence-corrected chi connectivity index (χ3v) is 3.71. The van der Waals surface area contributed by atoms with Crippen LogP contribution in [0.3, 0.4) is 0 Å². The minimum absolute atomic E-state index is 0.0361. The average Bonchev–Trinajstić information content (AvgIpc) is 2.31. The zero-order chi connectivity index (χ0) is 13.0. The van der Waals surface area contributed by atoms with Gasteiger partial charge in [0.25, 0.3) is 0 Å². The Morgan fingerprint density at radius 3 is 2.83 bits per heavy atom. The van der Waals surface area contributed by atoms with Crippen molar-refractivity contribution in [2.45, 2.75) is 25.0 Å². The molecule has 0 saturated carbocycles. The Bertz CT molecular complexity index is 409. The van der Waals surface area contributed by atoms with Crippen molar-refractivity contribution in [1.29, 1.82) is 0 Å². The summed E-state index contributed by atoms with van der Waals surface area (Å²) in [4.78, 5) is 0. The van der Waals surface area contributed by atoms with Crippen LogP contribution in [-0.2, 0) is 4.74 Å². The fraction of sp³-hybridized carbons (Fsp3) is 0.467. The van der Waals surface area contributed by atoms with E-state index < -0.39 is 5.54 Å². The second-order valence-electron chi connectivity index (χ2n) is 5.03. The van der Waals surface area contributed by atoms with Gasteiger partial charge in [0.05, 0.1) is 18.2 Å². The average molecular weight is 247 g/mol. The lowest BCUT2D eigenvalue weighted by atomic mass is 9.74. The maximum absolute atomic E-state index is 9.58. The van der Waals surface area contributed by atoms with Crippen LogP contribution < -0.4 is 5.73 Å². The molecule has 3 N–H and O–H groups in total. The number of allylic oxidation sites excluding steroid dienone is 6. The van der Waals surface area contributed by atoms with Crippen LogP contribution in [0.1, 0.15) is 13.3 Å². The highest BCUT2D eigenvalue weighted by Gasteiger charge is 2.41. The van der Waals surface area contributed by atoms with E-state index in [1.807, 2.05) is 49.5 Å². The van der Waals surface area contributed by atoms with Gasteiger partial charge in [0.2, 0.25) is 0 Å². The Hall–Kier alpha value is -1.16. The molecule has 3 heteroatoms. The zero-order valence-electron chi connectivity index (χ0n) is 10.8. The molecule has 1 fully saturated rings. The summed E-state index contributed by atoms with van der Waals surface area (Å²) in [6, 6.07) is 0. The van der Waals surface area contributed by atoms with E-state index in [2.05, 4.69) is 0 Å². The van der Waals surface area contributed by atoms with E-state index in [-0.39, 0.29) is 18.6 Å². The van der Waals surface area contributed by atoms with Gasteiger partial charge in [0.1, 0.15) is 0 Å². The van der Waals surface area contributed by atoms with Gasteiger partial charge in [-0.15, -0.1) is 0 Å². The lowest BCUT2D eigenvalue weighted by Crippen LogP contribution is -2.58. The third kappa shape index (κ3) is 2.64. The minimum atomic E-state index is -0.604. The fourth-order valence-electron chi connectivity index (χ4n) is 2.51. The fourth-order valence-corrected chi connectivity index (χ4v) is 2.51. The predicted molar refractivity (Wildman–Crippen MR) is 73.0 cm³/mol. The molecule has 0 spiro atoms. The Morgan fingerprint density at radius 1 is 1.33 bits per heavy atom. The number of nitrogens with two attached hydrogens (primary N) is 1. The van der Waals surface area contributed by atoms with E-state index in [9.17, 15) is 5.11 Å². The van der Waals surface area contributed by atoms with E-state index >= 15 is 0 Å². The van der Waals surface area contributed by atoms with Crippen LogP contribution in [0.25, 0.3) is 0 Å². The van der Waals surface area contributed by atoms with Crippen molar-refractivity contribution in [3.05, 3.63) is 48.1 Å². The van der Waals surface area contributed by atoms with Crippen LogP contribution in [-0.4, -0.2) is 30.0 Å². The van der Waals surface area contributed by atoms with Crippen molar-refractivity contribution in [2.24, 2.45) is 11.7 Å². The highest BCUT2D eigenvalue weighted by Crippen LogP contribution is 2.33. The molecule has 0 amide bonds. The number of aliphatic hydroxyl groups excluding tert-OH is 1. The molecule has 98 valence electrons. The molecule has 0 radical (unpaired) electrons. The van der Waals surface area contributed by atoms with Crippen LogP contribution >= 0.6 is 0 Å². The van der Waals surface area contributed by atoms with Crippen LogP contribution in [0, 0.1) is 5.92 Å². The van der Waals surface area contributed by atoms with Crippen LogP contribution in [0.2, 0.25) is 0 Å². The van der Waals surface area contributed by atoms with Gasteiger partial charge >= 0.3 is 0 Å². The molecule has 3 nitrogen and oxygen atoms in total. The molecule has 0 unspecified atom stereocenters. The largest absolute Gasteiger partial charge is 0.396 e. The van der Waals surface area contributed by atoms with E-state index in [4.69, 9.17) is 10.5 Å². The first-order chi connectivity index (χ1) is 8.66. The molecule has 0 aromatic carbocycles. The van der Waals surface area contributed by atoms with Gasteiger partial charge in [-0.25, -0.2) is 0 Å². The van der Waals surface area contributed by atoms with Gasteiger partial charge in [-0.05, 0) is 18.9 Å². The number of hydrogen-bond acceptors (Lipinski definition) is 3. The summed E-state index contributed by atoms with van der Waals surface area (Å²) < 4.78 is 5.70. The quantitative estimate of drug-likeness (QED) is 0.781. The molecule has 3 atom stereocenters. The van der Waals surface area contributed by atoms with Gasteiger partial charge < -0.3 is 15.6 Å². The lowest BCUT2D eigenvalue weighted by Gasteiger charge is -2.43. The topological polar surface area (TPSA) is 55.5 Å². The molecule has 0 bridgehead atoms. The number of ether oxygens (including phenoxy) is 1. The molecule has 18 heavy (non-hydrogen) atoms. The molecule has 2 rings (SSSR count). The van der Waals surface area contributed by atoms with E-state index in [1.54, 1.807) is 0 Å². The first kappa shape index (κ1) is 13.3. The molecule has 1 heterocycles. The van der Waals surface area contributed by atoms with Crippen molar-refractivity contribution >= 4 is 0 Å². The second kappa shape index (κ2) is 5.65. The highest BCUT2D eigenvalue weighted by molar-refractivity contribution is 5.39. The minimum Gasteiger partial charge on any atom is -0.396 e. The van der Waals surface area contributed by atoms with E-state index in [1.165, 1.54) is 0 Å². The zero-order valence-corrected chi connectivity index (χ0v) is 10.8. The Kier molecular flexibility index (Phi) is 4.17. The summed E-state index contributed by atoms with van der Waals surface area (Å²) in [5.41, 5.74) is 6.91. The summed E-state index contributed by atoms with van der Waals surface area (Å²) in [5.74, 6) is 0.0361. The van der Waals surface area contributed by atoms with Crippen molar-refractivity contribution in [3.8, 4) is 0 Å². The smallest absolute Gasteiger partial charge is 0.0698 e. The summed E-state index contributed by atoms with van der Waals surface area (Å²) in [6.45, 7) is 2.56. The Morgan fingerprint density at radius 2 is 2.06 bits per heavy atom. The van der Waals surface area contributed by atoms with Crippen molar-refractivity contribution in [1.82, 2.24) is 0 Å². The van der Waals surface area contributed by atoms with Crippen molar-refractivity contribution in [2.75, 3.05) is 13.2 Å². The first-order valence-corrected chi connectivity index (χ1v) is 6.40. The molecule has 0 aromatic rings. The monoisotopic (exact) mass is 247 g/mol. The number of aliphatic hydroxyl groups is 1. The summed E-state index contributed by atoms with van der Waals surface area (Å²) in [7, 11) is 0. The maximum atomic E-state index is 9.58. The molecular weight excluding hydrogens is 226 g/mol. The van der Waals surface area contributed by atoms with Gasteiger partial charge in [-0.2, -0.15) is 0 Å². The van der Waals surface area contributed by atoms with E-state index in [0.29, 0.717) is 6.61 Å². The number of rotatable bonds is 2. The lowest BCUT2D eigenvalue weighted by molar-refractivity contribution is -0.0508. The first-order valence-electron chi connectivity index (χ1n) is 6.40. The standard InChI is InChI=1S/C15H21NO2/c1-12-9-14(10-17)15(16,11-18-12)13-7-5-3-2-4-6-8-13/h2-8,12,14,17H,9-11,16H2,1H3/b3-2-,4-2?,5-3?,6-4-,7-5-,8-6?,13-7?,13-8+/t12-,14-,15+/m0/s1. The Balaban J connectivity index is 2.28. The van der Waals surface area contributed by atoms with Gasteiger partial charge in [-0.3, -0.25) is 0 Å². The predicted octanol–water partition coefficient (Wildman–Crippen LogP) is 1.71. The SMILES string of the molecule is C[C@H]1C[C@@H](CO)[C@](N)(C2=C/C=C\C=C/C=C\2)CO1. The third-order valence-electron chi connectivity index (χ3n) is 3.71. The Labute approximate surface area is 108 Å². The molecule has 1 saturated heterocycles. The van der Waals surface area contributed by atoms with Crippen LogP contribution in [0.15, 0.2) is 48.1 Å². The summed E-state index contributed by atoms with van der Waals surface area (Å²) >= 11 is 0. The highest BCUT2D eigenvalue weighted by atomic mass is 16.5. The number of hydrogen-bond donors (Lipinski definition) is 2. The van der Waals surface area contributed by atoms with Crippen molar-refractivity contribution in [3.63, 3.8) is 0 Å². The molecule has 1 aliphatic heterocycles. The second-order valence-corrected chi connectivity index (χ2v) is 5.03. The van der Waals surface area contributed by atoms with Crippen molar-refractivity contribution < 1.29 is 9.84 Å². The van der Waals surface area contributed by atoms with Gasteiger partial charge in [0.15, 0.2) is 0 Å². The molecule has 0 aromatic heterocycles. The normalized spacial score (nSPS) is 44.3. The molecule has 2 aliphatic rings. The van der Waals surface area contributed by atoms with Gasteiger partial charge in [0, 0.05) is 12.5 Å². The maximum Gasteiger partial charge on any atom is 0.0698 e. The summed E-state index contributed by atoms with van der Waals surface area (Å²) in [5, 5.41) is 9.58.